The zero-order valence-corrected chi connectivity index (χ0v) is 17.4. The topological polar surface area (TPSA) is 102 Å². The van der Waals surface area contributed by atoms with Crippen molar-refractivity contribution < 1.29 is 13.2 Å². The minimum atomic E-state index is -3.83. The summed E-state index contributed by atoms with van der Waals surface area (Å²) in [6.45, 7) is 5.82. The molecule has 3 aromatic rings. The van der Waals surface area contributed by atoms with Crippen LogP contribution < -0.4 is 10.5 Å². The summed E-state index contributed by atoms with van der Waals surface area (Å²) in [5.74, 6) is -0.249. The lowest BCUT2D eigenvalue weighted by atomic mass is 10.1. The molecule has 0 fully saturated rings. The van der Waals surface area contributed by atoms with Crippen LogP contribution in [0.15, 0.2) is 58.5 Å². The molecule has 0 spiro atoms. The average molecular weight is 416 g/mol. The van der Waals surface area contributed by atoms with Crippen molar-refractivity contribution in [3.63, 3.8) is 0 Å². The van der Waals surface area contributed by atoms with Crippen LogP contribution in [0, 0.1) is 13.8 Å². The number of aryl methyl sites for hydroxylation is 2. The van der Waals surface area contributed by atoms with Crippen LogP contribution in [0.1, 0.15) is 18.1 Å². The van der Waals surface area contributed by atoms with Gasteiger partial charge in [-0.3, -0.25) is 4.79 Å². The van der Waals surface area contributed by atoms with Crippen molar-refractivity contribution >= 4 is 44.3 Å². The van der Waals surface area contributed by atoms with Gasteiger partial charge in [-0.25, -0.2) is 18.5 Å². The van der Waals surface area contributed by atoms with Gasteiger partial charge in [-0.05, 0) is 56.2 Å². The molecule has 0 radical (unpaired) electrons. The Bertz CT molecular complexity index is 1160. The number of carbonyl (C=O) groups is 1. The molecule has 3 N–H and O–H groups in total. The molecule has 146 valence electrons. The highest BCUT2D eigenvalue weighted by molar-refractivity contribution is 8.00. The number of aromatic nitrogens is 1. The van der Waals surface area contributed by atoms with Crippen LogP contribution in [-0.2, 0) is 14.8 Å². The standard InChI is InChI=1S/C20H21N3O3S2/c1-12-6-4-9-17-13(2)10-18(23-19(12)17)27-14(3)20(24)22-15-7-5-8-16(11-15)28(21,25)26/h4-11,14H,1-3H3,(H,22,24)(H2,21,25,26)/t14-/m0/s1. The van der Waals surface area contributed by atoms with E-state index < -0.39 is 15.3 Å². The molecule has 3 rings (SSSR count). The predicted octanol–water partition coefficient (Wildman–Crippen LogP) is 3.62. The first-order valence-electron chi connectivity index (χ1n) is 8.62. The first-order chi connectivity index (χ1) is 13.1. The van der Waals surface area contributed by atoms with E-state index in [4.69, 9.17) is 10.1 Å². The molecule has 0 aliphatic heterocycles. The summed E-state index contributed by atoms with van der Waals surface area (Å²) < 4.78 is 22.9. The summed E-state index contributed by atoms with van der Waals surface area (Å²) in [7, 11) is -3.83. The van der Waals surface area contributed by atoms with Gasteiger partial charge >= 0.3 is 0 Å². The number of benzene rings is 2. The lowest BCUT2D eigenvalue weighted by Gasteiger charge is -2.14. The smallest absolute Gasteiger partial charge is 0.238 e. The van der Waals surface area contributed by atoms with E-state index in [1.807, 2.05) is 38.1 Å². The molecule has 1 atom stereocenters. The van der Waals surface area contributed by atoms with Gasteiger partial charge < -0.3 is 5.32 Å². The number of hydrogen-bond acceptors (Lipinski definition) is 5. The lowest BCUT2D eigenvalue weighted by molar-refractivity contribution is -0.115. The maximum atomic E-state index is 12.6. The Balaban J connectivity index is 1.78. The van der Waals surface area contributed by atoms with Gasteiger partial charge in [-0.1, -0.05) is 36.0 Å². The number of primary sulfonamides is 1. The molecule has 28 heavy (non-hydrogen) atoms. The van der Waals surface area contributed by atoms with E-state index in [0.29, 0.717) is 5.69 Å². The van der Waals surface area contributed by atoms with Gasteiger partial charge in [0.05, 0.1) is 20.7 Å². The highest BCUT2D eigenvalue weighted by Crippen LogP contribution is 2.28. The van der Waals surface area contributed by atoms with Crippen LogP contribution in [0.3, 0.4) is 0 Å². The van der Waals surface area contributed by atoms with Gasteiger partial charge in [0.25, 0.3) is 0 Å². The van der Waals surface area contributed by atoms with E-state index in [9.17, 15) is 13.2 Å². The number of rotatable bonds is 5. The summed E-state index contributed by atoms with van der Waals surface area (Å²) in [6, 6.07) is 13.9. The molecule has 1 amide bonds. The van der Waals surface area contributed by atoms with E-state index in [2.05, 4.69) is 5.32 Å². The zero-order chi connectivity index (χ0) is 20.5. The number of amides is 1. The second-order valence-electron chi connectivity index (χ2n) is 6.57. The molecule has 2 aromatic carbocycles. The van der Waals surface area contributed by atoms with Crippen LogP contribution in [0.2, 0.25) is 0 Å². The lowest BCUT2D eigenvalue weighted by Crippen LogP contribution is -2.23. The number of pyridine rings is 1. The Kier molecular flexibility index (Phi) is 5.74. The molecule has 0 unspecified atom stereocenters. The Morgan fingerprint density at radius 1 is 1.11 bits per heavy atom. The minimum Gasteiger partial charge on any atom is -0.325 e. The largest absolute Gasteiger partial charge is 0.325 e. The zero-order valence-electron chi connectivity index (χ0n) is 15.8. The van der Waals surface area contributed by atoms with Crippen molar-refractivity contribution in [3.8, 4) is 0 Å². The molecule has 0 saturated carbocycles. The van der Waals surface area contributed by atoms with Gasteiger partial charge in [0, 0.05) is 11.1 Å². The number of hydrogen-bond donors (Lipinski definition) is 2. The summed E-state index contributed by atoms with van der Waals surface area (Å²) in [4.78, 5) is 17.2. The fourth-order valence-corrected chi connectivity index (χ4v) is 4.30. The predicted molar refractivity (Wildman–Crippen MR) is 113 cm³/mol. The van der Waals surface area contributed by atoms with Crippen LogP contribution in [0.25, 0.3) is 10.9 Å². The number of sulfonamides is 1. The molecule has 8 heteroatoms. The Morgan fingerprint density at radius 2 is 1.82 bits per heavy atom. The highest BCUT2D eigenvalue weighted by atomic mass is 32.2. The van der Waals surface area contributed by atoms with Crippen molar-refractivity contribution in [1.29, 1.82) is 0 Å². The molecule has 0 bridgehead atoms. The maximum Gasteiger partial charge on any atom is 0.238 e. The summed E-state index contributed by atoms with van der Waals surface area (Å²) in [6.07, 6.45) is 0. The molecule has 6 nitrogen and oxygen atoms in total. The Hall–Kier alpha value is -2.42. The molecular formula is C20H21N3O3S2. The molecule has 1 heterocycles. The number of fused-ring (bicyclic) bond motifs is 1. The molecule has 0 aliphatic carbocycles. The van der Waals surface area contributed by atoms with Crippen LogP contribution in [0.5, 0.6) is 0 Å². The monoisotopic (exact) mass is 415 g/mol. The van der Waals surface area contributed by atoms with Crippen molar-refractivity contribution in [1.82, 2.24) is 4.98 Å². The number of nitrogens with one attached hydrogen (secondary N) is 1. The van der Waals surface area contributed by atoms with E-state index in [1.165, 1.54) is 30.0 Å². The third kappa shape index (κ3) is 4.52. The maximum absolute atomic E-state index is 12.6. The highest BCUT2D eigenvalue weighted by Gasteiger charge is 2.17. The van der Waals surface area contributed by atoms with Crippen molar-refractivity contribution in [2.75, 3.05) is 5.32 Å². The fourth-order valence-electron chi connectivity index (χ4n) is 2.82. The number of carbonyl (C=O) groups excluding carboxylic acids is 1. The molecule has 1 aromatic heterocycles. The number of para-hydroxylation sites is 1. The van der Waals surface area contributed by atoms with E-state index in [1.54, 1.807) is 13.0 Å². The third-order valence-corrected chi connectivity index (χ3v) is 6.25. The van der Waals surface area contributed by atoms with E-state index in [-0.39, 0.29) is 10.8 Å². The first-order valence-corrected chi connectivity index (χ1v) is 11.0. The fraction of sp³-hybridized carbons (Fsp3) is 0.200. The minimum absolute atomic E-state index is 0.0482. The van der Waals surface area contributed by atoms with Gasteiger partial charge in [0.15, 0.2) is 0 Å². The van der Waals surface area contributed by atoms with Gasteiger partial charge in [0.2, 0.25) is 15.9 Å². The van der Waals surface area contributed by atoms with Gasteiger partial charge in [-0.15, -0.1) is 0 Å². The number of anilines is 1. The van der Waals surface area contributed by atoms with Crippen molar-refractivity contribution in [2.24, 2.45) is 5.14 Å². The van der Waals surface area contributed by atoms with Crippen molar-refractivity contribution in [3.05, 3.63) is 59.7 Å². The average Bonchev–Trinajstić information content (AvgIpc) is 2.62. The normalized spacial score (nSPS) is 12.7. The second-order valence-corrected chi connectivity index (χ2v) is 9.49. The molecule has 0 saturated heterocycles. The first kappa shape index (κ1) is 20.3. The quantitative estimate of drug-likeness (QED) is 0.620. The van der Waals surface area contributed by atoms with Crippen molar-refractivity contribution in [2.45, 2.75) is 35.9 Å². The number of thioether (sulfide) groups is 1. The molecular weight excluding hydrogens is 394 g/mol. The summed E-state index contributed by atoms with van der Waals surface area (Å²) in [5, 5.41) is 9.31. The van der Waals surface area contributed by atoms with Gasteiger partial charge in [0.1, 0.15) is 0 Å². The summed E-state index contributed by atoms with van der Waals surface area (Å²) >= 11 is 1.35. The number of nitrogens with zero attached hydrogens (tertiary/aromatic N) is 1. The Labute approximate surface area is 168 Å². The van der Waals surface area contributed by atoms with Crippen LogP contribution >= 0.6 is 11.8 Å². The third-order valence-electron chi connectivity index (χ3n) is 4.32. The van der Waals surface area contributed by atoms with E-state index in [0.717, 1.165) is 27.1 Å². The Morgan fingerprint density at radius 3 is 2.54 bits per heavy atom. The second kappa shape index (κ2) is 7.90. The van der Waals surface area contributed by atoms with E-state index >= 15 is 0 Å². The number of nitrogens with two attached hydrogens (primary N) is 1. The van der Waals surface area contributed by atoms with Gasteiger partial charge in [-0.2, -0.15) is 0 Å². The molecule has 0 aliphatic rings. The summed E-state index contributed by atoms with van der Waals surface area (Å²) in [5.41, 5.74) is 3.49. The van der Waals surface area contributed by atoms with Crippen LogP contribution in [0.4, 0.5) is 5.69 Å². The van der Waals surface area contributed by atoms with Crippen LogP contribution in [-0.4, -0.2) is 24.6 Å². The SMILES string of the molecule is Cc1cc(S[C@@H](C)C(=O)Nc2cccc(S(N)(=O)=O)c2)nc2c(C)cccc12.